The Hall–Kier alpha value is -0.0500. The molecule has 64 valence electrons. The number of alkyl halides is 1. The normalized spacial score (nSPS) is 20.5. The van der Waals surface area contributed by atoms with E-state index in [1.807, 2.05) is 0 Å². The van der Waals surface area contributed by atoms with Crippen LogP contribution in [0.15, 0.2) is 0 Å². The van der Waals surface area contributed by atoms with Crippen LogP contribution in [0.25, 0.3) is 0 Å². The fourth-order valence-corrected chi connectivity index (χ4v) is 1.81. The van der Waals surface area contributed by atoms with Gasteiger partial charge in [0, 0.05) is 6.54 Å². The molecule has 0 atom stereocenters. The lowest BCUT2D eigenvalue weighted by Crippen LogP contribution is -2.47. The Kier molecular flexibility index (Phi) is 2.93. The molecule has 0 bridgehead atoms. The zero-order valence-corrected chi connectivity index (χ0v) is 8.41. The molecule has 0 spiro atoms. The first kappa shape index (κ1) is 9.04. The quantitative estimate of drug-likeness (QED) is 0.722. The smallest absolute Gasteiger partial charge is 0.236 e. The summed E-state index contributed by atoms with van der Waals surface area (Å²) in [6.45, 7) is 2.86. The van der Waals surface area contributed by atoms with E-state index in [0.717, 1.165) is 25.8 Å². The third-order valence-electron chi connectivity index (χ3n) is 2.09. The Balaban J connectivity index is 2.28. The van der Waals surface area contributed by atoms with Crippen molar-refractivity contribution in [2.75, 3.05) is 6.54 Å². The van der Waals surface area contributed by atoms with Crippen LogP contribution in [0.3, 0.4) is 0 Å². The molecule has 0 aromatic carbocycles. The molecular weight excluding hydrogens is 206 g/mol. The van der Waals surface area contributed by atoms with Gasteiger partial charge in [-0.25, -0.2) is 0 Å². The highest BCUT2D eigenvalue weighted by molar-refractivity contribution is 9.10. The number of rotatable bonds is 3. The van der Waals surface area contributed by atoms with Gasteiger partial charge in [-0.3, -0.25) is 4.79 Å². The molecule has 0 unspecified atom stereocenters. The van der Waals surface area contributed by atoms with Crippen LogP contribution in [0, 0.1) is 0 Å². The fourth-order valence-electron chi connectivity index (χ4n) is 1.11. The van der Waals surface area contributed by atoms with Crippen molar-refractivity contribution in [2.45, 2.75) is 36.9 Å². The number of carbonyl (C=O) groups excluding carboxylic acids is 1. The standard InChI is InChI=1S/C8H14BrNO/c1-2-6-10-7(11)8(9)4-3-5-8/h2-6H2,1H3,(H,10,11). The van der Waals surface area contributed by atoms with Crippen LogP contribution in [-0.4, -0.2) is 16.8 Å². The Morgan fingerprint density at radius 1 is 1.64 bits per heavy atom. The van der Waals surface area contributed by atoms with Crippen molar-refractivity contribution < 1.29 is 4.79 Å². The highest BCUT2D eigenvalue weighted by Crippen LogP contribution is 2.40. The first-order chi connectivity index (χ1) is 5.19. The van der Waals surface area contributed by atoms with Gasteiger partial charge in [0.15, 0.2) is 0 Å². The molecule has 1 rings (SSSR count). The Labute approximate surface area is 75.9 Å². The van der Waals surface area contributed by atoms with E-state index in [1.165, 1.54) is 6.42 Å². The number of halogens is 1. The lowest BCUT2D eigenvalue weighted by molar-refractivity contribution is -0.125. The van der Waals surface area contributed by atoms with E-state index in [-0.39, 0.29) is 10.2 Å². The van der Waals surface area contributed by atoms with E-state index in [1.54, 1.807) is 0 Å². The van der Waals surface area contributed by atoms with Crippen LogP contribution >= 0.6 is 15.9 Å². The summed E-state index contributed by atoms with van der Waals surface area (Å²) >= 11 is 3.45. The molecule has 1 aliphatic rings. The summed E-state index contributed by atoms with van der Waals surface area (Å²) in [5.41, 5.74) is 0. The molecule has 0 saturated heterocycles. The summed E-state index contributed by atoms with van der Waals surface area (Å²) in [5.74, 6) is 0.172. The first-order valence-electron chi connectivity index (χ1n) is 4.16. The number of nitrogens with one attached hydrogen (secondary N) is 1. The highest BCUT2D eigenvalue weighted by Gasteiger charge is 2.41. The molecule has 0 aromatic heterocycles. The maximum absolute atomic E-state index is 11.3. The van der Waals surface area contributed by atoms with Crippen LogP contribution in [0.4, 0.5) is 0 Å². The largest absolute Gasteiger partial charge is 0.355 e. The molecular formula is C8H14BrNO. The van der Waals surface area contributed by atoms with Gasteiger partial charge in [0.25, 0.3) is 0 Å². The topological polar surface area (TPSA) is 29.1 Å². The van der Waals surface area contributed by atoms with Gasteiger partial charge < -0.3 is 5.32 Å². The molecule has 1 fully saturated rings. The minimum Gasteiger partial charge on any atom is -0.355 e. The third-order valence-corrected chi connectivity index (χ3v) is 3.24. The Bertz CT molecular complexity index is 154. The maximum Gasteiger partial charge on any atom is 0.236 e. The van der Waals surface area contributed by atoms with Crippen molar-refractivity contribution in [3.63, 3.8) is 0 Å². The average molecular weight is 220 g/mol. The van der Waals surface area contributed by atoms with Crippen LogP contribution in [0.2, 0.25) is 0 Å². The van der Waals surface area contributed by atoms with Gasteiger partial charge in [-0.15, -0.1) is 0 Å². The molecule has 0 aromatic rings. The predicted molar refractivity (Wildman–Crippen MR) is 48.8 cm³/mol. The third kappa shape index (κ3) is 1.95. The summed E-state index contributed by atoms with van der Waals surface area (Å²) in [6.07, 6.45) is 4.16. The summed E-state index contributed by atoms with van der Waals surface area (Å²) < 4.78 is -0.206. The van der Waals surface area contributed by atoms with Gasteiger partial charge in [0.05, 0.1) is 0 Å². The Morgan fingerprint density at radius 3 is 2.64 bits per heavy atom. The van der Waals surface area contributed by atoms with Gasteiger partial charge in [-0.2, -0.15) is 0 Å². The van der Waals surface area contributed by atoms with Crippen LogP contribution in [-0.2, 0) is 4.79 Å². The van der Waals surface area contributed by atoms with E-state index < -0.39 is 0 Å². The molecule has 11 heavy (non-hydrogen) atoms. The second-order valence-electron chi connectivity index (χ2n) is 3.07. The molecule has 1 N–H and O–H groups in total. The number of hydrogen-bond donors (Lipinski definition) is 1. The van der Waals surface area contributed by atoms with E-state index in [0.29, 0.717) is 0 Å². The number of amides is 1. The van der Waals surface area contributed by atoms with E-state index >= 15 is 0 Å². The second-order valence-corrected chi connectivity index (χ2v) is 4.59. The zero-order chi connectivity index (χ0) is 8.32. The van der Waals surface area contributed by atoms with Gasteiger partial charge in [0.2, 0.25) is 5.91 Å². The molecule has 0 aliphatic heterocycles. The van der Waals surface area contributed by atoms with Crippen LogP contribution in [0.1, 0.15) is 32.6 Å². The molecule has 3 heteroatoms. The van der Waals surface area contributed by atoms with Crippen molar-refractivity contribution >= 4 is 21.8 Å². The molecule has 1 amide bonds. The average Bonchev–Trinajstić information content (AvgIpc) is 1.95. The van der Waals surface area contributed by atoms with E-state index in [4.69, 9.17) is 0 Å². The van der Waals surface area contributed by atoms with Crippen LogP contribution < -0.4 is 5.32 Å². The van der Waals surface area contributed by atoms with E-state index in [9.17, 15) is 4.79 Å². The minimum atomic E-state index is -0.206. The van der Waals surface area contributed by atoms with Crippen molar-refractivity contribution in [3.05, 3.63) is 0 Å². The fraction of sp³-hybridized carbons (Fsp3) is 0.875. The van der Waals surface area contributed by atoms with Gasteiger partial charge in [-0.1, -0.05) is 22.9 Å². The zero-order valence-electron chi connectivity index (χ0n) is 6.82. The molecule has 2 nitrogen and oxygen atoms in total. The lowest BCUT2D eigenvalue weighted by atomic mass is 9.84. The van der Waals surface area contributed by atoms with Crippen molar-refractivity contribution in [1.29, 1.82) is 0 Å². The van der Waals surface area contributed by atoms with Crippen molar-refractivity contribution in [1.82, 2.24) is 5.32 Å². The van der Waals surface area contributed by atoms with Crippen LogP contribution in [0.5, 0.6) is 0 Å². The molecule has 0 heterocycles. The molecule has 1 saturated carbocycles. The first-order valence-corrected chi connectivity index (χ1v) is 4.95. The van der Waals surface area contributed by atoms with Crippen molar-refractivity contribution in [3.8, 4) is 0 Å². The van der Waals surface area contributed by atoms with Gasteiger partial charge in [0.1, 0.15) is 4.32 Å². The summed E-state index contributed by atoms with van der Waals surface area (Å²) in [5, 5.41) is 2.89. The number of carbonyl (C=O) groups is 1. The van der Waals surface area contributed by atoms with Gasteiger partial charge >= 0.3 is 0 Å². The molecule has 1 aliphatic carbocycles. The SMILES string of the molecule is CCCNC(=O)C1(Br)CCC1. The summed E-state index contributed by atoms with van der Waals surface area (Å²) in [7, 11) is 0. The summed E-state index contributed by atoms with van der Waals surface area (Å²) in [4.78, 5) is 11.3. The lowest BCUT2D eigenvalue weighted by Gasteiger charge is -2.34. The number of hydrogen-bond acceptors (Lipinski definition) is 1. The van der Waals surface area contributed by atoms with Crippen molar-refractivity contribution in [2.24, 2.45) is 0 Å². The molecule has 0 radical (unpaired) electrons. The monoisotopic (exact) mass is 219 g/mol. The Morgan fingerprint density at radius 2 is 2.27 bits per heavy atom. The minimum absolute atomic E-state index is 0.172. The van der Waals surface area contributed by atoms with E-state index in [2.05, 4.69) is 28.2 Å². The predicted octanol–water partition coefficient (Wildman–Crippen LogP) is 1.83. The van der Waals surface area contributed by atoms with Gasteiger partial charge in [-0.05, 0) is 25.7 Å². The second kappa shape index (κ2) is 3.57. The highest BCUT2D eigenvalue weighted by atomic mass is 79.9. The maximum atomic E-state index is 11.3. The summed E-state index contributed by atoms with van der Waals surface area (Å²) in [6, 6.07) is 0.